The molecule has 0 N–H and O–H groups in total. The molecule has 3 rings (SSSR count). The lowest BCUT2D eigenvalue weighted by Crippen LogP contribution is -2.48. The Balaban J connectivity index is 1.82. The summed E-state index contributed by atoms with van der Waals surface area (Å²) in [5.41, 5.74) is 2.09. The number of hydrogen-bond acceptors (Lipinski definition) is 6. The van der Waals surface area contributed by atoms with Crippen LogP contribution in [0.15, 0.2) is 79.0 Å². The second-order valence-electron chi connectivity index (χ2n) is 8.67. The quantitative estimate of drug-likeness (QED) is 0.265. The van der Waals surface area contributed by atoms with Crippen molar-refractivity contribution in [1.29, 1.82) is 5.26 Å². The van der Waals surface area contributed by atoms with Gasteiger partial charge in [-0.05, 0) is 50.6 Å². The predicted molar refractivity (Wildman–Crippen MR) is 127 cm³/mol. The van der Waals surface area contributed by atoms with E-state index in [1.807, 2.05) is 54.6 Å². The average Bonchev–Trinajstić information content (AvgIpc) is 2.85. The maximum absolute atomic E-state index is 12.9. The van der Waals surface area contributed by atoms with E-state index in [-0.39, 0.29) is 12.0 Å². The lowest BCUT2D eigenvalue weighted by molar-refractivity contribution is -0.239. The van der Waals surface area contributed by atoms with Crippen LogP contribution in [0.3, 0.4) is 0 Å². The minimum atomic E-state index is -1.25. The highest BCUT2D eigenvalue weighted by atomic mass is 16.7. The molecular formula is C27H27N3O4. The van der Waals surface area contributed by atoms with Crippen molar-refractivity contribution in [3.8, 4) is 17.3 Å². The fraction of sp³-hybridized carbons (Fsp3) is 0.259. The van der Waals surface area contributed by atoms with Gasteiger partial charge in [0, 0.05) is 18.2 Å². The third kappa shape index (κ3) is 6.74. The lowest BCUT2D eigenvalue weighted by atomic mass is 10.0. The molecule has 1 amide bonds. The molecule has 0 saturated heterocycles. The minimum absolute atomic E-state index is 0.264. The van der Waals surface area contributed by atoms with Gasteiger partial charge in [-0.15, -0.1) is 0 Å². The van der Waals surface area contributed by atoms with Crippen LogP contribution in [0.25, 0.3) is 11.3 Å². The van der Waals surface area contributed by atoms with Gasteiger partial charge >= 0.3 is 5.97 Å². The van der Waals surface area contributed by atoms with Crippen LogP contribution in [0.4, 0.5) is 0 Å². The summed E-state index contributed by atoms with van der Waals surface area (Å²) in [6.07, 6.45) is 1.22. The molecule has 0 aliphatic heterocycles. The van der Waals surface area contributed by atoms with E-state index in [1.54, 1.807) is 51.2 Å². The van der Waals surface area contributed by atoms with Gasteiger partial charge < -0.3 is 4.74 Å². The van der Waals surface area contributed by atoms with Crippen LogP contribution in [-0.2, 0) is 20.8 Å². The first-order chi connectivity index (χ1) is 16.3. The smallest absolute Gasteiger partial charge is 0.339 e. The van der Waals surface area contributed by atoms with Crippen LogP contribution in [0.2, 0.25) is 0 Å². The lowest BCUT2D eigenvalue weighted by Gasteiger charge is -2.34. The van der Waals surface area contributed by atoms with Gasteiger partial charge in [0.05, 0.1) is 16.9 Å². The summed E-state index contributed by atoms with van der Waals surface area (Å²) >= 11 is 0. The second kappa shape index (κ2) is 11.2. The fourth-order valence-electron chi connectivity index (χ4n) is 3.35. The first-order valence-electron chi connectivity index (χ1n) is 10.9. The van der Waals surface area contributed by atoms with Gasteiger partial charge in [0.1, 0.15) is 12.1 Å². The Bertz CT molecular complexity index is 1120. The Labute approximate surface area is 199 Å². The topological polar surface area (TPSA) is 92.5 Å². The number of carbonyl (C=O) groups is 2. The Morgan fingerprint density at radius 3 is 2.29 bits per heavy atom. The number of esters is 1. The Morgan fingerprint density at radius 1 is 1.06 bits per heavy atom. The van der Waals surface area contributed by atoms with Crippen LogP contribution >= 0.6 is 0 Å². The highest BCUT2D eigenvalue weighted by Gasteiger charge is 2.34. The largest absolute Gasteiger partial charge is 0.441 e. The van der Waals surface area contributed by atoms with E-state index in [1.165, 1.54) is 0 Å². The standard InChI is InChI=1S/C27H27N3O4/c1-27(2,3)34-30(19-31)24(17-20-9-5-4-6-10-20)25(18-28)33-26(32)22-14-12-21(13-15-22)23-11-7-8-16-29-23/h4-16,19,24-25H,17H2,1-3H3/t24-,25+/m1/s1. The summed E-state index contributed by atoms with van der Waals surface area (Å²) in [7, 11) is 0. The van der Waals surface area contributed by atoms with E-state index in [0.29, 0.717) is 6.41 Å². The molecule has 0 bridgehead atoms. The highest BCUT2D eigenvalue weighted by Crippen LogP contribution is 2.21. The van der Waals surface area contributed by atoms with E-state index in [4.69, 9.17) is 9.57 Å². The third-order valence-corrected chi connectivity index (χ3v) is 4.89. The van der Waals surface area contributed by atoms with Crippen LogP contribution in [-0.4, -0.2) is 40.2 Å². The fourth-order valence-corrected chi connectivity index (χ4v) is 3.35. The number of carbonyl (C=O) groups excluding carboxylic acids is 2. The van der Waals surface area contributed by atoms with Crippen molar-refractivity contribution in [3.05, 3.63) is 90.1 Å². The number of amides is 1. The molecule has 0 fully saturated rings. The number of aromatic nitrogens is 1. The van der Waals surface area contributed by atoms with Gasteiger partial charge in [-0.25, -0.2) is 9.86 Å². The van der Waals surface area contributed by atoms with E-state index >= 15 is 0 Å². The molecule has 0 radical (unpaired) electrons. The van der Waals surface area contributed by atoms with Gasteiger partial charge in [0.25, 0.3) is 0 Å². The van der Waals surface area contributed by atoms with Crippen molar-refractivity contribution in [2.24, 2.45) is 0 Å². The molecule has 7 heteroatoms. The summed E-state index contributed by atoms with van der Waals surface area (Å²) in [5.74, 6) is -0.668. The van der Waals surface area contributed by atoms with Crippen molar-refractivity contribution in [2.45, 2.75) is 44.9 Å². The SMILES string of the molecule is CC(C)(C)ON(C=O)[C@H](Cc1ccccc1)[C@H](C#N)OC(=O)c1ccc(-c2ccccn2)cc1. The normalized spacial score (nSPS) is 12.8. The summed E-state index contributed by atoms with van der Waals surface area (Å²) in [6.45, 7) is 5.37. The van der Waals surface area contributed by atoms with Crippen LogP contribution in [0.1, 0.15) is 36.7 Å². The van der Waals surface area contributed by atoms with Crippen molar-refractivity contribution >= 4 is 12.4 Å². The van der Waals surface area contributed by atoms with Gasteiger partial charge in [0.2, 0.25) is 12.5 Å². The number of hydrogen-bond donors (Lipinski definition) is 0. The maximum atomic E-state index is 12.9. The Kier molecular flexibility index (Phi) is 8.12. The summed E-state index contributed by atoms with van der Waals surface area (Å²) in [6, 6.07) is 22.9. The number of nitrogens with zero attached hydrogens (tertiary/aromatic N) is 3. The van der Waals surface area contributed by atoms with Gasteiger partial charge in [0.15, 0.2) is 0 Å². The van der Waals surface area contributed by atoms with Crippen LogP contribution in [0, 0.1) is 11.3 Å². The molecule has 0 spiro atoms. The first-order valence-corrected chi connectivity index (χ1v) is 10.9. The number of hydroxylamine groups is 2. The van der Waals surface area contributed by atoms with Crippen molar-refractivity contribution in [2.75, 3.05) is 0 Å². The Hall–Kier alpha value is -4.02. The molecule has 3 aromatic rings. The molecule has 1 heterocycles. The summed E-state index contributed by atoms with van der Waals surface area (Å²) in [4.78, 5) is 34.9. The summed E-state index contributed by atoms with van der Waals surface area (Å²) in [5, 5.41) is 10.9. The number of ether oxygens (including phenoxy) is 1. The number of rotatable bonds is 9. The molecule has 0 saturated carbocycles. The molecule has 2 aromatic carbocycles. The molecule has 34 heavy (non-hydrogen) atoms. The number of nitriles is 1. The van der Waals surface area contributed by atoms with Crippen molar-refractivity contribution < 1.29 is 19.2 Å². The maximum Gasteiger partial charge on any atom is 0.339 e. The number of pyridine rings is 1. The molecule has 0 aliphatic rings. The van der Waals surface area contributed by atoms with E-state index < -0.39 is 23.7 Å². The monoisotopic (exact) mass is 457 g/mol. The van der Waals surface area contributed by atoms with E-state index in [2.05, 4.69) is 4.98 Å². The molecule has 7 nitrogen and oxygen atoms in total. The zero-order valence-corrected chi connectivity index (χ0v) is 19.4. The number of benzene rings is 2. The van der Waals surface area contributed by atoms with Crippen LogP contribution in [0.5, 0.6) is 0 Å². The second-order valence-corrected chi connectivity index (χ2v) is 8.67. The molecular weight excluding hydrogens is 430 g/mol. The van der Waals surface area contributed by atoms with E-state index in [9.17, 15) is 14.9 Å². The van der Waals surface area contributed by atoms with Gasteiger partial charge in [-0.1, -0.05) is 48.5 Å². The average molecular weight is 458 g/mol. The Morgan fingerprint density at radius 2 is 1.74 bits per heavy atom. The first kappa shape index (κ1) is 24.6. The van der Waals surface area contributed by atoms with Gasteiger partial charge in [-0.2, -0.15) is 5.26 Å². The van der Waals surface area contributed by atoms with Crippen molar-refractivity contribution in [3.63, 3.8) is 0 Å². The van der Waals surface area contributed by atoms with Crippen LogP contribution < -0.4 is 0 Å². The minimum Gasteiger partial charge on any atom is -0.441 e. The van der Waals surface area contributed by atoms with Gasteiger partial charge in [-0.3, -0.25) is 14.6 Å². The summed E-state index contributed by atoms with van der Waals surface area (Å²) < 4.78 is 5.57. The van der Waals surface area contributed by atoms with Crippen molar-refractivity contribution in [1.82, 2.24) is 10.0 Å². The molecule has 2 atom stereocenters. The zero-order chi connectivity index (χ0) is 24.6. The predicted octanol–water partition coefficient (Wildman–Crippen LogP) is 4.60. The molecule has 1 aromatic heterocycles. The molecule has 174 valence electrons. The zero-order valence-electron chi connectivity index (χ0n) is 19.4. The highest BCUT2D eigenvalue weighted by molar-refractivity contribution is 5.90. The third-order valence-electron chi connectivity index (χ3n) is 4.89. The molecule has 0 aliphatic carbocycles. The molecule has 0 unspecified atom stereocenters. The van der Waals surface area contributed by atoms with E-state index in [0.717, 1.165) is 21.9 Å².